The largest absolute Gasteiger partial charge is 0.488 e. The van der Waals surface area contributed by atoms with Gasteiger partial charge in [-0.15, -0.1) is 0 Å². The Kier molecular flexibility index (Phi) is 5.77. The van der Waals surface area contributed by atoms with Crippen molar-refractivity contribution in [1.29, 1.82) is 0 Å². The van der Waals surface area contributed by atoms with E-state index in [1.54, 1.807) is 10.8 Å². The summed E-state index contributed by atoms with van der Waals surface area (Å²) in [5.41, 5.74) is 2.75. The van der Waals surface area contributed by atoms with Crippen LogP contribution in [0.25, 0.3) is 16.6 Å². The van der Waals surface area contributed by atoms with Crippen molar-refractivity contribution in [3.8, 4) is 17.2 Å². The highest BCUT2D eigenvalue weighted by atomic mass is 19.1. The molecule has 0 aliphatic rings. The van der Waals surface area contributed by atoms with E-state index in [2.05, 4.69) is 0 Å². The number of halogens is 2. The van der Waals surface area contributed by atoms with Crippen LogP contribution in [0.3, 0.4) is 0 Å². The first-order chi connectivity index (χ1) is 16.2. The molecule has 0 spiro atoms. The van der Waals surface area contributed by atoms with E-state index in [0.29, 0.717) is 12.4 Å². The fourth-order valence-corrected chi connectivity index (χ4v) is 3.76. The van der Waals surface area contributed by atoms with E-state index < -0.39 is 11.6 Å². The number of rotatable bonds is 7. The zero-order valence-corrected chi connectivity index (χ0v) is 17.7. The summed E-state index contributed by atoms with van der Waals surface area (Å²) < 4.78 is 42.9. The van der Waals surface area contributed by atoms with Gasteiger partial charge in [-0.3, -0.25) is 0 Å². The SMILES string of the molecule is Fc1cc(-n2ccc3c(OCc4ccccc4)cccc32)c(F)cc1OCc1ccccc1. The van der Waals surface area contributed by atoms with Gasteiger partial charge in [-0.25, -0.2) is 8.78 Å². The molecule has 0 aliphatic carbocycles. The maximum Gasteiger partial charge on any atom is 0.167 e. The molecular weight excluding hydrogens is 420 g/mol. The maximum absolute atomic E-state index is 15.0. The lowest BCUT2D eigenvalue weighted by Crippen LogP contribution is -2.02. The standard InChI is InChI=1S/C28H21F2NO2/c29-23-17-28(33-19-21-10-5-2-6-11-21)24(30)16-26(23)31-15-14-22-25(31)12-7-13-27(22)32-18-20-8-3-1-4-9-20/h1-17H,18-19H2. The van der Waals surface area contributed by atoms with Gasteiger partial charge in [0.1, 0.15) is 19.0 Å². The molecule has 4 aromatic carbocycles. The van der Waals surface area contributed by atoms with Gasteiger partial charge in [-0.05, 0) is 29.3 Å². The molecule has 0 bridgehead atoms. The molecule has 1 heterocycles. The zero-order valence-electron chi connectivity index (χ0n) is 17.7. The van der Waals surface area contributed by atoms with Crippen LogP contribution in [-0.2, 0) is 13.2 Å². The summed E-state index contributed by atoms with van der Waals surface area (Å²) in [6.07, 6.45) is 1.71. The molecule has 5 rings (SSSR count). The Morgan fingerprint density at radius 3 is 1.91 bits per heavy atom. The number of hydrogen-bond donors (Lipinski definition) is 0. The Balaban J connectivity index is 1.41. The number of nitrogens with zero attached hydrogens (tertiary/aromatic N) is 1. The average Bonchev–Trinajstić information content (AvgIpc) is 3.29. The molecule has 164 valence electrons. The average molecular weight is 441 g/mol. The van der Waals surface area contributed by atoms with E-state index in [9.17, 15) is 4.39 Å². The van der Waals surface area contributed by atoms with Crippen molar-refractivity contribution in [2.45, 2.75) is 13.2 Å². The number of aromatic nitrogens is 1. The van der Waals surface area contributed by atoms with Crippen LogP contribution >= 0.6 is 0 Å². The topological polar surface area (TPSA) is 23.4 Å². The first-order valence-corrected chi connectivity index (χ1v) is 10.6. The number of ether oxygens (including phenoxy) is 2. The van der Waals surface area contributed by atoms with Crippen LogP contribution in [0.4, 0.5) is 8.78 Å². The normalized spacial score (nSPS) is 11.0. The highest BCUT2D eigenvalue weighted by molar-refractivity contribution is 5.88. The number of fused-ring (bicyclic) bond motifs is 1. The molecule has 0 amide bonds. The minimum atomic E-state index is -0.624. The molecule has 0 saturated heterocycles. The molecule has 5 aromatic rings. The van der Waals surface area contributed by atoms with Crippen LogP contribution < -0.4 is 9.47 Å². The van der Waals surface area contributed by atoms with Crippen molar-refractivity contribution in [2.24, 2.45) is 0 Å². The summed E-state index contributed by atoms with van der Waals surface area (Å²) in [4.78, 5) is 0. The summed E-state index contributed by atoms with van der Waals surface area (Å²) in [6, 6.07) is 28.9. The molecule has 33 heavy (non-hydrogen) atoms. The van der Waals surface area contributed by atoms with Crippen molar-refractivity contribution in [1.82, 2.24) is 4.57 Å². The highest BCUT2D eigenvalue weighted by Crippen LogP contribution is 2.32. The molecule has 3 nitrogen and oxygen atoms in total. The quantitative estimate of drug-likeness (QED) is 0.270. The fraction of sp³-hybridized carbons (Fsp3) is 0.0714. The van der Waals surface area contributed by atoms with Gasteiger partial charge in [-0.1, -0.05) is 66.7 Å². The minimum absolute atomic E-state index is 0.106. The lowest BCUT2D eigenvalue weighted by Gasteiger charge is -2.12. The van der Waals surface area contributed by atoms with Crippen molar-refractivity contribution in [3.63, 3.8) is 0 Å². The van der Waals surface area contributed by atoms with Crippen LogP contribution in [0.5, 0.6) is 11.5 Å². The van der Waals surface area contributed by atoms with Gasteiger partial charge in [0.25, 0.3) is 0 Å². The van der Waals surface area contributed by atoms with E-state index in [-0.39, 0.29) is 18.0 Å². The predicted molar refractivity (Wildman–Crippen MR) is 125 cm³/mol. The molecule has 0 fully saturated rings. The van der Waals surface area contributed by atoms with E-state index in [1.165, 1.54) is 0 Å². The van der Waals surface area contributed by atoms with Crippen LogP contribution in [-0.4, -0.2) is 4.57 Å². The summed E-state index contributed by atoms with van der Waals surface area (Å²) in [7, 11) is 0. The molecule has 5 heteroatoms. The van der Waals surface area contributed by atoms with Crippen LogP contribution in [0.15, 0.2) is 103 Å². The summed E-state index contributed by atoms with van der Waals surface area (Å²) in [6.45, 7) is 0.576. The Bertz CT molecular complexity index is 1380. The molecule has 0 radical (unpaired) electrons. The predicted octanol–water partition coefficient (Wildman–Crippen LogP) is 7.07. The summed E-state index contributed by atoms with van der Waals surface area (Å²) >= 11 is 0. The van der Waals surface area contributed by atoms with Crippen LogP contribution in [0.2, 0.25) is 0 Å². The Morgan fingerprint density at radius 2 is 1.24 bits per heavy atom. The van der Waals surface area contributed by atoms with Crippen molar-refractivity contribution >= 4 is 10.9 Å². The lowest BCUT2D eigenvalue weighted by molar-refractivity contribution is 0.288. The Labute approximate surface area is 190 Å². The first-order valence-electron chi connectivity index (χ1n) is 10.6. The molecule has 0 atom stereocenters. The third-order valence-electron chi connectivity index (χ3n) is 5.43. The summed E-state index contributed by atoms with van der Waals surface area (Å²) in [5.74, 6) is -0.643. The minimum Gasteiger partial charge on any atom is -0.488 e. The van der Waals surface area contributed by atoms with Gasteiger partial charge >= 0.3 is 0 Å². The third-order valence-corrected chi connectivity index (χ3v) is 5.43. The third kappa shape index (κ3) is 4.44. The number of benzene rings is 4. The Morgan fingerprint density at radius 1 is 0.606 bits per heavy atom. The maximum atomic E-state index is 15.0. The van der Waals surface area contributed by atoms with Crippen molar-refractivity contribution < 1.29 is 18.3 Å². The van der Waals surface area contributed by atoms with E-state index >= 15 is 4.39 Å². The van der Waals surface area contributed by atoms with Crippen molar-refractivity contribution in [3.05, 3.63) is 126 Å². The van der Waals surface area contributed by atoms with Crippen LogP contribution in [0.1, 0.15) is 11.1 Å². The Hall–Kier alpha value is -4.12. The molecule has 0 N–H and O–H groups in total. The van der Waals surface area contributed by atoms with Crippen molar-refractivity contribution in [2.75, 3.05) is 0 Å². The second-order valence-electron chi connectivity index (χ2n) is 7.66. The molecule has 0 unspecified atom stereocenters. The van der Waals surface area contributed by atoms with Gasteiger partial charge in [0.05, 0.1) is 11.2 Å². The van der Waals surface area contributed by atoms with Gasteiger partial charge in [0, 0.05) is 23.7 Å². The highest BCUT2D eigenvalue weighted by Gasteiger charge is 2.16. The second kappa shape index (κ2) is 9.17. The van der Waals surface area contributed by atoms with Crippen LogP contribution in [0, 0.1) is 11.6 Å². The monoisotopic (exact) mass is 441 g/mol. The van der Waals surface area contributed by atoms with E-state index in [4.69, 9.17) is 9.47 Å². The molecule has 0 saturated carbocycles. The smallest absolute Gasteiger partial charge is 0.167 e. The van der Waals surface area contributed by atoms with E-state index in [0.717, 1.165) is 34.2 Å². The zero-order chi connectivity index (χ0) is 22.6. The van der Waals surface area contributed by atoms with E-state index in [1.807, 2.05) is 84.9 Å². The number of hydrogen-bond acceptors (Lipinski definition) is 2. The second-order valence-corrected chi connectivity index (χ2v) is 7.66. The molecule has 1 aromatic heterocycles. The molecule has 0 aliphatic heterocycles. The first kappa shape index (κ1) is 20.8. The fourth-order valence-electron chi connectivity index (χ4n) is 3.76. The summed E-state index contributed by atoms with van der Waals surface area (Å²) in [5, 5.41) is 0.817. The van der Waals surface area contributed by atoms with Gasteiger partial charge in [0.2, 0.25) is 0 Å². The lowest BCUT2D eigenvalue weighted by atomic mass is 10.2. The van der Waals surface area contributed by atoms with Gasteiger partial charge < -0.3 is 14.0 Å². The van der Waals surface area contributed by atoms with Gasteiger partial charge in [0.15, 0.2) is 17.4 Å². The van der Waals surface area contributed by atoms with Gasteiger partial charge in [-0.2, -0.15) is 0 Å². The molecular formula is C28H21F2NO2.